The molecule has 5 aromatic rings. The summed E-state index contributed by atoms with van der Waals surface area (Å²) in [5, 5.41) is 7.41. The number of nitrogens with zero attached hydrogens (tertiary/aromatic N) is 6. The van der Waals surface area contributed by atoms with Crippen molar-refractivity contribution in [1.29, 1.82) is 0 Å². The van der Waals surface area contributed by atoms with Crippen molar-refractivity contribution in [1.82, 2.24) is 23.5 Å². The predicted molar refractivity (Wildman–Crippen MR) is 125 cm³/mol. The van der Waals surface area contributed by atoms with Crippen molar-refractivity contribution in [2.45, 2.75) is 5.92 Å². The summed E-state index contributed by atoms with van der Waals surface area (Å²) >= 11 is 1.17. The van der Waals surface area contributed by atoms with Crippen LogP contribution in [-0.4, -0.2) is 35.6 Å². The van der Waals surface area contributed by atoms with Crippen LogP contribution in [0.4, 0.5) is 17.6 Å². The van der Waals surface area contributed by atoms with Crippen LogP contribution in [0, 0.1) is 0 Å². The van der Waals surface area contributed by atoms with Crippen LogP contribution in [0.3, 0.4) is 0 Å². The Morgan fingerprint density at radius 1 is 0.909 bits per heavy atom. The standard InChI is InChI=1S/C23H15N7O2S/c31-21-18(14-4-2-1-3-5-14)13-24-23-26-22(27-30(21)23)25-15-6-8-16(9-7-15)32-17-10-11-19-20(12-17)29-33-28-19/h1-13,18H,(H,25,27). The maximum atomic E-state index is 12.9. The smallest absolute Gasteiger partial charge is 0.263 e. The zero-order valence-corrected chi connectivity index (χ0v) is 17.8. The second-order valence-electron chi connectivity index (χ2n) is 7.32. The molecule has 6 rings (SSSR count). The first kappa shape index (κ1) is 19.3. The Morgan fingerprint density at radius 2 is 1.70 bits per heavy atom. The van der Waals surface area contributed by atoms with Crippen LogP contribution in [-0.2, 0) is 0 Å². The lowest BCUT2D eigenvalue weighted by molar-refractivity contribution is 0.0887. The molecule has 1 aliphatic heterocycles. The Bertz CT molecular complexity index is 1490. The number of rotatable bonds is 5. The highest BCUT2D eigenvalue weighted by atomic mass is 32.1. The molecule has 0 amide bonds. The van der Waals surface area contributed by atoms with E-state index in [9.17, 15) is 4.79 Å². The van der Waals surface area contributed by atoms with Crippen LogP contribution in [0.25, 0.3) is 11.0 Å². The molecule has 33 heavy (non-hydrogen) atoms. The number of aromatic nitrogens is 5. The van der Waals surface area contributed by atoms with Gasteiger partial charge in [-0.15, -0.1) is 5.10 Å². The number of nitrogens with one attached hydrogen (secondary N) is 1. The fourth-order valence-corrected chi connectivity index (χ4v) is 4.03. The summed E-state index contributed by atoms with van der Waals surface area (Å²) in [7, 11) is 0. The molecule has 0 fully saturated rings. The van der Waals surface area contributed by atoms with Crippen LogP contribution in [0.15, 0.2) is 77.8 Å². The van der Waals surface area contributed by atoms with Gasteiger partial charge >= 0.3 is 0 Å². The van der Waals surface area contributed by atoms with Crippen LogP contribution in [0.5, 0.6) is 11.5 Å². The van der Waals surface area contributed by atoms with Gasteiger partial charge in [0.05, 0.1) is 11.7 Å². The van der Waals surface area contributed by atoms with Gasteiger partial charge in [-0.2, -0.15) is 18.4 Å². The third-order valence-electron chi connectivity index (χ3n) is 5.13. The van der Waals surface area contributed by atoms with Crippen molar-refractivity contribution >= 4 is 52.5 Å². The topological polar surface area (TPSA) is 107 Å². The van der Waals surface area contributed by atoms with Gasteiger partial charge in [0.15, 0.2) is 0 Å². The van der Waals surface area contributed by atoms with Gasteiger partial charge < -0.3 is 10.1 Å². The molecular weight excluding hydrogens is 438 g/mol. The largest absolute Gasteiger partial charge is 0.457 e. The minimum atomic E-state index is -0.482. The Labute approximate surface area is 191 Å². The van der Waals surface area contributed by atoms with Gasteiger partial charge in [0.25, 0.3) is 11.9 Å². The lowest BCUT2D eigenvalue weighted by atomic mass is 9.99. The Hall–Kier alpha value is -4.44. The van der Waals surface area contributed by atoms with Gasteiger partial charge in [-0.3, -0.25) is 4.79 Å². The maximum absolute atomic E-state index is 12.9. The lowest BCUT2D eigenvalue weighted by Crippen LogP contribution is -2.25. The first-order valence-corrected chi connectivity index (χ1v) is 10.8. The lowest BCUT2D eigenvalue weighted by Gasteiger charge is -2.14. The van der Waals surface area contributed by atoms with Crippen molar-refractivity contribution < 1.29 is 9.53 Å². The van der Waals surface area contributed by atoms with Gasteiger partial charge in [-0.25, -0.2) is 4.99 Å². The van der Waals surface area contributed by atoms with E-state index >= 15 is 0 Å². The van der Waals surface area contributed by atoms with Gasteiger partial charge in [0.2, 0.25) is 5.95 Å². The van der Waals surface area contributed by atoms with E-state index in [2.05, 4.69) is 29.1 Å². The molecule has 1 aliphatic rings. The summed E-state index contributed by atoms with van der Waals surface area (Å²) in [4.78, 5) is 21.5. The summed E-state index contributed by atoms with van der Waals surface area (Å²) in [5.41, 5.74) is 3.26. The molecule has 160 valence electrons. The number of fused-ring (bicyclic) bond motifs is 2. The first-order chi connectivity index (χ1) is 16.2. The first-order valence-electron chi connectivity index (χ1n) is 10.1. The van der Waals surface area contributed by atoms with E-state index in [0.717, 1.165) is 22.3 Å². The number of aliphatic imine (C=N–C) groups is 1. The highest BCUT2D eigenvalue weighted by Crippen LogP contribution is 2.28. The summed E-state index contributed by atoms with van der Waals surface area (Å²) in [6.07, 6.45) is 1.61. The SMILES string of the molecule is O=C1C(c2ccccc2)C=Nc2nc(Nc3ccc(Oc4ccc5nsnc5c4)cc3)nn21. The minimum Gasteiger partial charge on any atom is -0.457 e. The number of ether oxygens (including phenoxy) is 1. The quantitative estimate of drug-likeness (QED) is 0.401. The summed E-state index contributed by atoms with van der Waals surface area (Å²) < 4.78 is 15.6. The van der Waals surface area contributed by atoms with Crippen LogP contribution >= 0.6 is 11.7 Å². The summed E-state index contributed by atoms with van der Waals surface area (Å²) in [5.74, 6) is 1.22. The highest BCUT2D eigenvalue weighted by molar-refractivity contribution is 7.00. The molecule has 3 heterocycles. The normalized spacial score (nSPS) is 14.9. The van der Waals surface area contributed by atoms with Crippen LogP contribution < -0.4 is 10.1 Å². The van der Waals surface area contributed by atoms with E-state index < -0.39 is 5.92 Å². The Kier molecular flexibility index (Phi) is 4.62. The van der Waals surface area contributed by atoms with E-state index in [0.29, 0.717) is 17.4 Å². The van der Waals surface area contributed by atoms with Crippen molar-refractivity contribution in [2.24, 2.45) is 4.99 Å². The monoisotopic (exact) mass is 453 g/mol. The molecule has 0 saturated carbocycles. The molecule has 9 nitrogen and oxygen atoms in total. The zero-order valence-electron chi connectivity index (χ0n) is 17.0. The molecule has 0 saturated heterocycles. The average Bonchev–Trinajstić information content (AvgIpc) is 3.48. The van der Waals surface area contributed by atoms with Gasteiger partial charge in [-0.05, 0) is 42.0 Å². The van der Waals surface area contributed by atoms with Gasteiger partial charge in [0.1, 0.15) is 28.5 Å². The van der Waals surface area contributed by atoms with Gasteiger partial charge in [0, 0.05) is 18.0 Å². The third kappa shape index (κ3) is 3.72. The van der Waals surface area contributed by atoms with E-state index in [1.807, 2.05) is 72.8 Å². The molecular formula is C23H15N7O2S. The number of hydrogen-bond acceptors (Lipinski definition) is 9. The molecule has 0 bridgehead atoms. The fourth-order valence-electron chi connectivity index (χ4n) is 3.51. The van der Waals surface area contributed by atoms with E-state index in [-0.39, 0.29) is 11.9 Å². The molecule has 0 spiro atoms. The third-order valence-corrected chi connectivity index (χ3v) is 5.69. The molecule has 3 aromatic carbocycles. The Balaban J connectivity index is 1.16. The molecule has 10 heteroatoms. The fraction of sp³-hybridized carbons (Fsp3) is 0.0435. The number of carbonyl (C=O) groups is 1. The Morgan fingerprint density at radius 3 is 2.55 bits per heavy atom. The molecule has 1 unspecified atom stereocenters. The van der Waals surface area contributed by atoms with Crippen molar-refractivity contribution in [3.05, 3.63) is 78.4 Å². The second kappa shape index (κ2) is 7.92. The second-order valence-corrected chi connectivity index (χ2v) is 7.85. The number of anilines is 2. The number of benzene rings is 3. The maximum Gasteiger partial charge on any atom is 0.263 e. The number of carbonyl (C=O) groups excluding carboxylic acids is 1. The van der Waals surface area contributed by atoms with Crippen molar-refractivity contribution in [3.8, 4) is 11.5 Å². The minimum absolute atomic E-state index is 0.192. The van der Waals surface area contributed by atoms with E-state index in [1.165, 1.54) is 16.4 Å². The number of hydrogen-bond donors (Lipinski definition) is 1. The van der Waals surface area contributed by atoms with Crippen LogP contribution in [0.2, 0.25) is 0 Å². The molecule has 1 atom stereocenters. The molecule has 2 aromatic heterocycles. The van der Waals surface area contributed by atoms with Gasteiger partial charge in [-0.1, -0.05) is 30.3 Å². The van der Waals surface area contributed by atoms with Crippen molar-refractivity contribution in [3.63, 3.8) is 0 Å². The highest BCUT2D eigenvalue weighted by Gasteiger charge is 2.28. The summed E-state index contributed by atoms with van der Waals surface area (Å²) in [6.45, 7) is 0. The van der Waals surface area contributed by atoms with Crippen LogP contribution in [0.1, 0.15) is 16.3 Å². The predicted octanol–water partition coefficient (Wildman–Crippen LogP) is 4.96. The molecule has 0 aliphatic carbocycles. The van der Waals surface area contributed by atoms with Crippen molar-refractivity contribution in [2.75, 3.05) is 5.32 Å². The average molecular weight is 453 g/mol. The molecule has 1 N–H and O–H groups in total. The van der Waals surface area contributed by atoms with E-state index in [1.54, 1.807) is 6.21 Å². The zero-order chi connectivity index (χ0) is 22.2. The molecule has 0 radical (unpaired) electrons. The summed E-state index contributed by atoms with van der Waals surface area (Å²) in [6, 6.07) is 22.4. The van der Waals surface area contributed by atoms with E-state index in [4.69, 9.17) is 4.74 Å².